The van der Waals surface area contributed by atoms with E-state index in [1.807, 2.05) is 30.3 Å². The number of aryl methyl sites for hydroxylation is 1. The first-order chi connectivity index (χ1) is 22.4. The van der Waals surface area contributed by atoms with Gasteiger partial charge in [0, 0.05) is 80.0 Å². The Bertz CT molecular complexity index is 1610. The summed E-state index contributed by atoms with van der Waals surface area (Å²) in [5.74, 6) is 0.569. The number of benzene rings is 3. The van der Waals surface area contributed by atoms with Crippen molar-refractivity contribution in [2.75, 3.05) is 45.9 Å². The third-order valence-corrected chi connectivity index (χ3v) is 9.79. The first-order valence-corrected chi connectivity index (χ1v) is 17.0. The van der Waals surface area contributed by atoms with Gasteiger partial charge in [-0.25, -0.2) is 4.39 Å². The molecule has 0 radical (unpaired) electrons. The van der Waals surface area contributed by atoms with Crippen LogP contribution in [0.25, 0.3) is 22.0 Å². The summed E-state index contributed by atoms with van der Waals surface area (Å²) in [6, 6.07) is 20.8. The fourth-order valence-electron chi connectivity index (χ4n) is 6.89. The van der Waals surface area contributed by atoms with Crippen molar-refractivity contribution < 1.29 is 13.9 Å². The van der Waals surface area contributed by atoms with Crippen LogP contribution in [0.5, 0.6) is 5.75 Å². The molecule has 4 aromatic rings. The van der Waals surface area contributed by atoms with Crippen molar-refractivity contribution in [2.45, 2.75) is 57.2 Å². The molecule has 1 aliphatic carbocycles. The molecule has 9 heteroatoms. The lowest BCUT2D eigenvalue weighted by molar-refractivity contribution is -0.127. The highest BCUT2D eigenvalue weighted by atomic mass is 35.5. The quantitative estimate of drug-likeness (QED) is 0.173. The molecule has 7 nitrogen and oxygen atoms in total. The molecule has 0 atom stereocenters. The van der Waals surface area contributed by atoms with E-state index in [0.29, 0.717) is 18.2 Å². The van der Waals surface area contributed by atoms with Gasteiger partial charge in [0.05, 0.1) is 5.54 Å². The van der Waals surface area contributed by atoms with Gasteiger partial charge in [-0.15, -0.1) is 0 Å². The number of rotatable bonds is 12. The first-order valence-electron chi connectivity index (χ1n) is 16.6. The fraction of sp³-hybridized carbons (Fsp3) is 0.432. The van der Waals surface area contributed by atoms with Crippen LogP contribution in [0, 0.1) is 5.82 Å². The van der Waals surface area contributed by atoms with Crippen LogP contribution >= 0.6 is 11.6 Å². The smallest absolute Gasteiger partial charge is 0.240 e. The second-order valence-corrected chi connectivity index (χ2v) is 13.2. The molecular weight excluding hydrogens is 601 g/mol. The number of aromatic nitrogens is 1. The van der Waals surface area contributed by atoms with E-state index in [-0.39, 0.29) is 11.7 Å². The van der Waals surface area contributed by atoms with Gasteiger partial charge in [0.15, 0.2) is 0 Å². The molecule has 2 fully saturated rings. The molecule has 1 aromatic heterocycles. The predicted octanol–water partition coefficient (Wildman–Crippen LogP) is 6.47. The largest absolute Gasteiger partial charge is 0.492 e. The van der Waals surface area contributed by atoms with E-state index in [2.05, 4.69) is 44.1 Å². The van der Waals surface area contributed by atoms with Gasteiger partial charge in [0.1, 0.15) is 18.2 Å². The summed E-state index contributed by atoms with van der Waals surface area (Å²) in [6.45, 7) is 7.55. The summed E-state index contributed by atoms with van der Waals surface area (Å²) < 4.78 is 22.6. The molecule has 0 unspecified atom stereocenters. The van der Waals surface area contributed by atoms with E-state index >= 15 is 0 Å². The first kappa shape index (κ1) is 32.5. The van der Waals surface area contributed by atoms with Crippen molar-refractivity contribution in [1.29, 1.82) is 0 Å². The molecule has 2 aliphatic rings. The molecule has 244 valence electrons. The molecular formula is C37H45ClFN5O2. The Hall–Kier alpha value is -3.43. The molecule has 3 N–H and O–H groups in total. The van der Waals surface area contributed by atoms with E-state index in [9.17, 15) is 9.18 Å². The zero-order valence-electron chi connectivity index (χ0n) is 26.5. The molecule has 46 heavy (non-hydrogen) atoms. The Morgan fingerprint density at radius 3 is 2.43 bits per heavy atom. The Morgan fingerprint density at radius 1 is 0.935 bits per heavy atom. The molecule has 0 bridgehead atoms. The van der Waals surface area contributed by atoms with Gasteiger partial charge >= 0.3 is 0 Å². The van der Waals surface area contributed by atoms with Crippen LogP contribution in [0.4, 0.5) is 4.39 Å². The Morgan fingerprint density at radius 2 is 1.67 bits per heavy atom. The zero-order valence-corrected chi connectivity index (χ0v) is 27.3. The van der Waals surface area contributed by atoms with Crippen LogP contribution in [-0.4, -0.2) is 71.7 Å². The predicted molar refractivity (Wildman–Crippen MR) is 184 cm³/mol. The lowest BCUT2D eigenvalue weighted by atomic mass is 9.82. The standard InChI is InChI=1S/C37H45ClFN5O2/c38-30-11-13-32(14-12-30)46-24-23-42-19-21-43(22-20-42)26-29-8-5-10-34-35(29)33(28-7-4-9-31(39)25-28)27-44(34)18-6-17-41-36(45)37(40)15-2-1-3-16-37/h4-5,7-14,25,27H,1-3,6,15-24,26,40H2,(H,41,45). The van der Waals surface area contributed by atoms with Crippen molar-refractivity contribution in [3.63, 3.8) is 0 Å². The van der Waals surface area contributed by atoms with Crippen molar-refractivity contribution in [3.05, 3.63) is 89.3 Å². The van der Waals surface area contributed by atoms with Gasteiger partial charge in [-0.3, -0.25) is 14.6 Å². The van der Waals surface area contributed by atoms with E-state index in [0.717, 1.165) is 107 Å². The highest BCUT2D eigenvalue weighted by molar-refractivity contribution is 6.30. The average Bonchev–Trinajstić information content (AvgIpc) is 3.44. The molecule has 6 rings (SSSR count). The summed E-state index contributed by atoms with van der Waals surface area (Å²) in [6.07, 6.45) is 7.63. The van der Waals surface area contributed by atoms with Gasteiger partial charge in [0.25, 0.3) is 0 Å². The molecule has 1 amide bonds. The number of piperazine rings is 1. The minimum Gasteiger partial charge on any atom is -0.492 e. The number of nitrogens with two attached hydrogens (primary N) is 1. The van der Waals surface area contributed by atoms with Gasteiger partial charge in [-0.2, -0.15) is 0 Å². The average molecular weight is 646 g/mol. The van der Waals surface area contributed by atoms with Gasteiger partial charge < -0.3 is 20.4 Å². The van der Waals surface area contributed by atoms with E-state index in [4.69, 9.17) is 22.1 Å². The van der Waals surface area contributed by atoms with Crippen LogP contribution < -0.4 is 15.8 Å². The lowest BCUT2D eigenvalue weighted by Gasteiger charge is -2.34. The number of amides is 1. The number of carbonyl (C=O) groups is 1. The molecule has 1 saturated carbocycles. The Kier molecular flexibility index (Phi) is 10.6. The lowest BCUT2D eigenvalue weighted by Crippen LogP contribution is -2.55. The summed E-state index contributed by atoms with van der Waals surface area (Å²) in [4.78, 5) is 17.8. The van der Waals surface area contributed by atoms with Crippen LogP contribution in [0.15, 0.2) is 72.9 Å². The SMILES string of the molecule is NC1(C(=O)NCCCn2cc(-c3cccc(F)c3)c3c(CN4CCN(CCOc5ccc(Cl)cc5)CC4)cccc32)CCCCC1. The molecule has 0 spiro atoms. The van der Waals surface area contributed by atoms with Crippen LogP contribution in [0.3, 0.4) is 0 Å². The maximum Gasteiger partial charge on any atom is 0.240 e. The third-order valence-electron chi connectivity index (χ3n) is 9.54. The highest BCUT2D eigenvalue weighted by Crippen LogP contribution is 2.35. The van der Waals surface area contributed by atoms with E-state index < -0.39 is 5.54 Å². The van der Waals surface area contributed by atoms with E-state index in [1.54, 1.807) is 12.1 Å². The van der Waals surface area contributed by atoms with Crippen molar-refractivity contribution in [2.24, 2.45) is 5.73 Å². The van der Waals surface area contributed by atoms with Crippen molar-refractivity contribution in [3.8, 4) is 16.9 Å². The van der Waals surface area contributed by atoms with Gasteiger partial charge in [0.2, 0.25) is 5.91 Å². The van der Waals surface area contributed by atoms with Crippen molar-refractivity contribution >= 4 is 28.4 Å². The number of hydrogen-bond acceptors (Lipinski definition) is 5. The minimum atomic E-state index is -0.728. The monoisotopic (exact) mass is 645 g/mol. The third kappa shape index (κ3) is 7.92. The number of carbonyl (C=O) groups excluding carboxylic acids is 1. The second kappa shape index (κ2) is 15.0. The van der Waals surface area contributed by atoms with Crippen molar-refractivity contribution in [1.82, 2.24) is 19.7 Å². The highest BCUT2D eigenvalue weighted by Gasteiger charge is 2.34. The number of fused-ring (bicyclic) bond motifs is 1. The summed E-state index contributed by atoms with van der Waals surface area (Å²) in [5, 5.41) is 4.97. The fourth-order valence-corrected chi connectivity index (χ4v) is 7.02. The van der Waals surface area contributed by atoms with Crippen LogP contribution in [-0.2, 0) is 17.9 Å². The number of nitrogens with zero attached hydrogens (tertiary/aromatic N) is 3. The summed E-state index contributed by atoms with van der Waals surface area (Å²) in [5.41, 5.74) is 9.99. The summed E-state index contributed by atoms with van der Waals surface area (Å²) in [7, 11) is 0. The maximum atomic E-state index is 14.4. The topological polar surface area (TPSA) is 75.8 Å². The van der Waals surface area contributed by atoms with Gasteiger partial charge in [-0.1, -0.05) is 55.1 Å². The number of ether oxygens (including phenoxy) is 1. The number of nitrogens with one attached hydrogen (secondary N) is 1. The number of halogens is 2. The zero-order chi connectivity index (χ0) is 31.9. The molecule has 1 saturated heterocycles. The molecule has 1 aliphatic heterocycles. The summed E-state index contributed by atoms with van der Waals surface area (Å²) >= 11 is 5.98. The minimum absolute atomic E-state index is 0.0264. The Labute approximate surface area is 276 Å². The Balaban J connectivity index is 1.10. The molecule has 3 aromatic carbocycles. The number of hydrogen-bond donors (Lipinski definition) is 2. The van der Waals surface area contributed by atoms with Crippen LogP contribution in [0.2, 0.25) is 5.02 Å². The maximum absolute atomic E-state index is 14.4. The van der Waals surface area contributed by atoms with Gasteiger partial charge in [-0.05, 0) is 72.9 Å². The van der Waals surface area contributed by atoms with E-state index in [1.165, 1.54) is 17.0 Å². The normalized spacial score (nSPS) is 17.3. The molecule has 2 heterocycles. The second-order valence-electron chi connectivity index (χ2n) is 12.8. The van der Waals surface area contributed by atoms with Crippen LogP contribution in [0.1, 0.15) is 44.1 Å².